The van der Waals surface area contributed by atoms with E-state index in [1.807, 2.05) is 18.2 Å². The van der Waals surface area contributed by atoms with Crippen LogP contribution in [0.4, 0.5) is 0 Å². The van der Waals surface area contributed by atoms with E-state index in [2.05, 4.69) is 5.32 Å². The standard InChI is InChI=1S/C13H15NO4S/c1-9(13(17)18)19-8-12(16)14-11(15)7-10-5-3-2-4-6-10/h2-6,9H,7-8H2,1H3,(H,17,18)(H,14,15,16). The summed E-state index contributed by atoms with van der Waals surface area (Å²) >= 11 is 0.977. The molecule has 0 radical (unpaired) electrons. The molecule has 1 rings (SSSR count). The summed E-state index contributed by atoms with van der Waals surface area (Å²) in [5.41, 5.74) is 0.819. The van der Waals surface area contributed by atoms with Gasteiger partial charge in [-0.15, -0.1) is 11.8 Å². The molecule has 0 saturated heterocycles. The predicted molar refractivity (Wildman–Crippen MR) is 72.9 cm³/mol. The van der Waals surface area contributed by atoms with Crippen LogP contribution < -0.4 is 5.32 Å². The van der Waals surface area contributed by atoms with Gasteiger partial charge < -0.3 is 5.11 Å². The molecule has 2 N–H and O–H groups in total. The molecule has 0 saturated carbocycles. The molecular weight excluding hydrogens is 266 g/mol. The molecule has 0 spiro atoms. The third-order valence-corrected chi connectivity index (χ3v) is 3.43. The van der Waals surface area contributed by atoms with E-state index in [0.717, 1.165) is 17.3 Å². The number of carbonyl (C=O) groups excluding carboxylic acids is 2. The van der Waals surface area contributed by atoms with Gasteiger partial charge in [0.2, 0.25) is 11.8 Å². The molecule has 1 aromatic rings. The van der Waals surface area contributed by atoms with E-state index in [1.165, 1.54) is 6.92 Å². The van der Waals surface area contributed by atoms with Gasteiger partial charge >= 0.3 is 5.97 Å². The van der Waals surface area contributed by atoms with Crippen molar-refractivity contribution < 1.29 is 19.5 Å². The summed E-state index contributed by atoms with van der Waals surface area (Å²) in [5.74, 6) is -1.89. The minimum Gasteiger partial charge on any atom is -0.480 e. The molecule has 1 aromatic carbocycles. The van der Waals surface area contributed by atoms with Gasteiger partial charge in [-0.25, -0.2) is 0 Å². The van der Waals surface area contributed by atoms with E-state index in [-0.39, 0.29) is 18.1 Å². The zero-order valence-corrected chi connectivity index (χ0v) is 11.3. The maximum Gasteiger partial charge on any atom is 0.316 e. The second-order valence-corrected chi connectivity index (χ2v) is 5.25. The molecule has 0 aliphatic rings. The summed E-state index contributed by atoms with van der Waals surface area (Å²) in [4.78, 5) is 33.5. The van der Waals surface area contributed by atoms with Gasteiger partial charge in [-0.3, -0.25) is 19.7 Å². The van der Waals surface area contributed by atoms with Gasteiger partial charge in [0.05, 0.1) is 17.4 Å². The molecule has 0 fully saturated rings. The summed E-state index contributed by atoms with van der Waals surface area (Å²) in [6, 6.07) is 9.07. The molecule has 0 aromatic heterocycles. The molecule has 2 amide bonds. The van der Waals surface area contributed by atoms with E-state index in [0.29, 0.717) is 0 Å². The Balaban J connectivity index is 2.32. The van der Waals surface area contributed by atoms with Crippen molar-refractivity contribution in [1.29, 1.82) is 0 Å². The molecular formula is C13H15NO4S. The third kappa shape index (κ3) is 6.05. The number of aliphatic carboxylic acids is 1. The van der Waals surface area contributed by atoms with Crippen LogP contribution in [0, 0.1) is 0 Å². The Hall–Kier alpha value is -1.82. The van der Waals surface area contributed by atoms with Crippen molar-refractivity contribution >= 4 is 29.5 Å². The predicted octanol–water partition coefficient (Wildman–Crippen LogP) is 1.08. The van der Waals surface area contributed by atoms with Crippen LogP contribution in [0.15, 0.2) is 30.3 Å². The van der Waals surface area contributed by atoms with Crippen molar-refractivity contribution in [2.24, 2.45) is 0 Å². The Kier molecular flexibility index (Phi) is 6.08. The number of thioether (sulfide) groups is 1. The lowest BCUT2D eigenvalue weighted by molar-refractivity contribution is -0.136. The number of rotatable bonds is 6. The Morgan fingerprint density at radius 1 is 1.21 bits per heavy atom. The Morgan fingerprint density at radius 3 is 2.42 bits per heavy atom. The fraction of sp³-hybridized carbons (Fsp3) is 0.308. The second-order valence-electron chi connectivity index (χ2n) is 3.93. The highest BCUT2D eigenvalue weighted by molar-refractivity contribution is 8.01. The molecule has 6 heteroatoms. The molecule has 0 aliphatic carbocycles. The first-order valence-electron chi connectivity index (χ1n) is 5.70. The fourth-order valence-electron chi connectivity index (χ4n) is 1.29. The minimum atomic E-state index is -0.978. The molecule has 0 bridgehead atoms. The Labute approximate surface area is 115 Å². The number of amides is 2. The Bertz CT molecular complexity index is 461. The number of nitrogens with one attached hydrogen (secondary N) is 1. The summed E-state index contributed by atoms with van der Waals surface area (Å²) in [6.45, 7) is 1.49. The van der Waals surface area contributed by atoms with E-state index in [4.69, 9.17) is 5.11 Å². The first kappa shape index (κ1) is 15.2. The summed E-state index contributed by atoms with van der Waals surface area (Å²) in [7, 11) is 0. The first-order valence-corrected chi connectivity index (χ1v) is 6.75. The van der Waals surface area contributed by atoms with Crippen molar-refractivity contribution in [3.63, 3.8) is 0 Å². The zero-order valence-electron chi connectivity index (χ0n) is 10.5. The molecule has 0 aliphatic heterocycles. The smallest absolute Gasteiger partial charge is 0.316 e. The molecule has 19 heavy (non-hydrogen) atoms. The number of carboxylic acids is 1. The molecule has 102 valence electrons. The maximum absolute atomic E-state index is 11.5. The topological polar surface area (TPSA) is 83.5 Å². The fourth-order valence-corrected chi connectivity index (χ4v) is 1.91. The number of carbonyl (C=O) groups is 3. The van der Waals surface area contributed by atoms with Gasteiger partial charge in [-0.1, -0.05) is 30.3 Å². The van der Waals surface area contributed by atoms with Crippen molar-refractivity contribution in [2.75, 3.05) is 5.75 Å². The van der Waals surface area contributed by atoms with Crippen molar-refractivity contribution in [3.05, 3.63) is 35.9 Å². The molecule has 0 heterocycles. The minimum absolute atomic E-state index is 0.0476. The molecule has 5 nitrogen and oxygen atoms in total. The monoisotopic (exact) mass is 281 g/mol. The molecule has 1 atom stereocenters. The highest BCUT2D eigenvalue weighted by Gasteiger charge is 2.15. The Morgan fingerprint density at radius 2 is 1.84 bits per heavy atom. The van der Waals surface area contributed by atoms with Gasteiger partial charge in [0, 0.05) is 0 Å². The van der Waals surface area contributed by atoms with Crippen LogP contribution in [-0.2, 0) is 20.8 Å². The van der Waals surface area contributed by atoms with Gasteiger partial charge in [0.15, 0.2) is 0 Å². The van der Waals surface area contributed by atoms with E-state index in [1.54, 1.807) is 12.1 Å². The highest BCUT2D eigenvalue weighted by atomic mass is 32.2. The highest BCUT2D eigenvalue weighted by Crippen LogP contribution is 2.09. The lowest BCUT2D eigenvalue weighted by atomic mass is 10.1. The zero-order chi connectivity index (χ0) is 14.3. The molecule has 1 unspecified atom stereocenters. The number of hydrogen-bond acceptors (Lipinski definition) is 4. The van der Waals surface area contributed by atoms with Crippen LogP contribution in [-0.4, -0.2) is 33.9 Å². The van der Waals surface area contributed by atoms with E-state index >= 15 is 0 Å². The number of imide groups is 1. The average Bonchev–Trinajstić information content (AvgIpc) is 2.36. The summed E-state index contributed by atoms with van der Waals surface area (Å²) in [6.07, 6.45) is 0.131. The van der Waals surface area contributed by atoms with Gasteiger partial charge in [0.1, 0.15) is 0 Å². The van der Waals surface area contributed by atoms with Crippen molar-refractivity contribution in [3.8, 4) is 0 Å². The first-order chi connectivity index (χ1) is 8.99. The maximum atomic E-state index is 11.5. The van der Waals surface area contributed by atoms with Crippen LogP contribution in [0.25, 0.3) is 0 Å². The lowest BCUT2D eigenvalue weighted by Gasteiger charge is -2.06. The van der Waals surface area contributed by atoms with Gasteiger partial charge in [-0.2, -0.15) is 0 Å². The van der Waals surface area contributed by atoms with Crippen molar-refractivity contribution in [1.82, 2.24) is 5.32 Å². The second kappa shape index (κ2) is 7.58. The van der Waals surface area contributed by atoms with Crippen LogP contribution in [0.2, 0.25) is 0 Å². The summed E-state index contributed by atoms with van der Waals surface area (Å²) in [5, 5.41) is 10.2. The van der Waals surface area contributed by atoms with Gasteiger partial charge in [-0.05, 0) is 12.5 Å². The van der Waals surface area contributed by atoms with E-state index < -0.39 is 17.1 Å². The van der Waals surface area contributed by atoms with Gasteiger partial charge in [0.25, 0.3) is 0 Å². The number of hydrogen-bond donors (Lipinski definition) is 2. The SMILES string of the molecule is CC(SCC(=O)NC(=O)Cc1ccccc1)C(=O)O. The average molecular weight is 281 g/mol. The van der Waals surface area contributed by atoms with Crippen LogP contribution >= 0.6 is 11.8 Å². The van der Waals surface area contributed by atoms with Crippen molar-refractivity contribution in [2.45, 2.75) is 18.6 Å². The number of carboxylic acid groups (broad SMARTS) is 1. The summed E-state index contributed by atoms with van der Waals surface area (Å²) < 4.78 is 0. The lowest BCUT2D eigenvalue weighted by Crippen LogP contribution is -2.33. The normalized spacial score (nSPS) is 11.6. The number of benzene rings is 1. The third-order valence-electron chi connectivity index (χ3n) is 2.30. The van der Waals surface area contributed by atoms with Crippen LogP contribution in [0.1, 0.15) is 12.5 Å². The van der Waals surface area contributed by atoms with E-state index in [9.17, 15) is 14.4 Å². The largest absolute Gasteiger partial charge is 0.480 e. The van der Waals surface area contributed by atoms with Crippen LogP contribution in [0.3, 0.4) is 0 Å². The van der Waals surface area contributed by atoms with Crippen LogP contribution in [0.5, 0.6) is 0 Å². The quantitative estimate of drug-likeness (QED) is 0.815.